The number of phenols is 1. The molecule has 0 spiro atoms. The second-order valence-corrected chi connectivity index (χ2v) is 4.27. The normalized spacial score (nSPS) is 10.3. The van der Waals surface area contributed by atoms with Crippen LogP contribution in [-0.4, -0.2) is 10.2 Å². The van der Waals surface area contributed by atoms with Crippen molar-refractivity contribution >= 4 is 0 Å². The Kier molecular flexibility index (Phi) is 3.85. The highest BCUT2D eigenvalue weighted by Crippen LogP contribution is 2.22. The SMILES string of the molecule is Cc1cccc(COc2cc(O)cc(CO)c2)c1. The van der Waals surface area contributed by atoms with Gasteiger partial charge in [0.05, 0.1) is 6.61 Å². The van der Waals surface area contributed by atoms with Gasteiger partial charge in [0.25, 0.3) is 0 Å². The molecule has 0 heterocycles. The second kappa shape index (κ2) is 5.56. The van der Waals surface area contributed by atoms with Gasteiger partial charge in [-0.25, -0.2) is 0 Å². The van der Waals surface area contributed by atoms with Crippen LogP contribution in [0, 0.1) is 6.92 Å². The van der Waals surface area contributed by atoms with Gasteiger partial charge in [0.1, 0.15) is 18.1 Å². The summed E-state index contributed by atoms with van der Waals surface area (Å²) in [4.78, 5) is 0. The number of aromatic hydroxyl groups is 1. The highest BCUT2D eigenvalue weighted by atomic mass is 16.5. The van der Waals surface area contributed by atoms with Crippen molar-refractivity contribution in [3.63, 3.8) is 0 Å². The molecular formula is C15H16O3. The fourth-order valence-electron chi connectivity index (χ4n) is 1.79. The third-order valence-electron chi connectivity index (χ3n) is 2.62. The summed E-state index contributed by atoms with van der Waals surface area (Å²) in [5, 5.41) is 18.5. The summed E-state index contributed by atoms with van der Waals surface area (Å²) in [6.07, 6.45) is 0. The minimum atomic E-state index is -0.116. The van der Waals surface area contributed by atoms with Gasteiger partial charge in [0, 0.05) is 6.07 Å². The van der Waals surface area contributed by atoms with Gasteiger partial charge in [-0.05, 0) is 30.2 Å². The molecule has 2 aromatic rings. The Balaban J connectivity index is 2.08. The summed E-state index contributed by atoms with van der Waals surface area (Å²) in [5.74, 6) is 0.654. The Labute approximate surface area is 106 Å². The lowest BCUT2D eigenvalue weighted by atomic mass is 10.1. The monoisotopic (exact) mass is 244 g/mol. The molecule has 0 saturated heterocycles. The van der Waals surface area contributed by atoms with Gasteiger partial charge in [-0.15, -0.1) is 0 Å². The first kappa shape index (κ1) is 12.5. The Hall–Kier alpha value is -2.00. The van der Waals surface area contributed by atoms with Crippen LogP contribution >= 0.6 is 0 Å². The molecule has 0 atom stereocenters. The van der Waals surface area contributed by atoms with Gasteiger partial charge < -0.3 is 14.9 Å². The summed E-state index contributed by atoms with van der Waals surface area (Å²) in [5.41, 5.74) is 2.89. The van der Waals surface area contributed by atoms with E-state index < -0.39 is 0 Å². The van der Waals surface area contributed by atoms with Gasteiger partial charge in [-0.2, -0.15) is 0 Å². The third-order valence-corrected chi connectivity index (χ3v) is 2.62. The van der Waals surface area contributed by atoms with Crippen LogP contribution in [0.3, 0.4) is 0 Å². The Morgan fingerprint density at radius 2 is 1.89 bits per heavy atom. The van der Waals surface area contributed by atoms with E-state index >= 15 is 0 Å². The predicted molar refractivity (Wildman–Crippen MR) is 69.5 cm³/mol. The lowest BCUT2D eigenvalue weighted by molar-refractivity contribution is 0.276. The van der Waals surface area contributed by atoms with Crippen LogP contribution < -0.4 is 4.74 Å². The van der Waals surface area contributed by atoms with Crippen LogP contribution in [0.25, 0.3) is 0 Å². The molecule has 3 heteroatoms. The summed E-state index contributed by atoms with van der Waals surface area (Å²) >= 11 is 0. The molecule has 0 unspecified atom stereocenters. The highest BCUT2D eigenvalue weighted by Gasteiger charge is 2.01. The van der Waals surface area contributed by atoms with Crippen molar-refractivity contribution in [2.45, 2.75) is 20.1 Å². The first-order valence-electron chi connectivity index (χ1n) is 5.79. The van der Waals surface area contributed by atoms with E-state index in [1.807, 2.05) is 25.1 Å². The van der Waals surface area contributed by atoms with Gasteiger partial charge in [-0.1, -0.05) is 29.8 Å². The van der Waals surface area contributed by atoms with Crippen molar-refractivity contribution in [3.05, 3.63) is 59.2 Å². The molecule has 0 aliphatic rings. The van der Waals surface area contributed by atoms with Crippen molar-refractivity contribution < 1.29 is 14.9 Å². The number of benzene rings is 2. The van der Waals surface area contributed by atoms with E-state index in [2.05, 4.69) is 6.07 Å². The standard InChI is InChI=1S/C15H16O3/c1-11-3-2-4-12(5-11)10-18-15-7-13(9-16)6-14(17)8-15/h2-8,16-17H,9-10H2,1H3. The van der Waals surface area contributed by atoms with E-state index in [1.165, 1.54) is 17.7 Å². The average Bonchev–Trinajstić information content (AvgIpc) is 2.36. The molecule has 2 aromatic carbocycles. The summed E-state index contributed by atoms with van der Waals surface area (Å²) < 4.78 is 5.60. The number of aryl methyl sites for hydroxylation is 1. The number of rotatable bonds is 4. The van der Waals surface area contributed by atoms with E-state index in [0.29, 0.717) is 17.9 Å². The molecule has 0 saturated carbocycles. The lowest BCUT2D eigenvalue weighted by Gasteiger charge is -2.09. The van der Waals surface area contributed by atoms with Gasteiger partial charge in [-0.3, -0.25) is 0 Å². The molecule has 2 N–H and O–H groups in total. The van der Waals surface area contributed by atoms with Gasteiger partial charge in [0.2, 0.25) is 0 Å². The van der Waals surface area contributed by atoms with Crippen molar-refractivity contribution in [1.29, 1.82) is 0 Å². The fraction of sp³-hybridized carbons (Fsp3) is 0.200. The van der Waals surface area contributed by atoms with Crippen molar-refractivity contribution in [1.82, 2.24) is 0 Å². The fourth-order valence-corrected chi connectivity index (χ4v) is 1.79. The molecule has 18 heavy (non-hydrogen) atoms. The summed E-state index contributed by atoms with van der Waals surface area (Å²) in [6, 6.07) is 12.8. The zero-order chi connectivity index (χ0) is 13.0. The minimum Gasteiger partial charge on any atom is -0.508 e. The van der Waals surface area contributed by atoms with Crippen molar-refractivity contribution in [2.24, 2.45) is 0 Å². The van der Waals surface area contributed by atoms with Crippen LogP contribution in [0.15, 0.2) is 42.5 Å². The van der Waals surface area contributed by atoms with E-state index in [4.69, 9.17) is 9.84 Å². The molecule has 0 radical (unpaired) electrons. The quantitative estimate of drug-likeness (QED) is 0.869. The summed E-state index contributed by atoms with van der Waals surface area (Å²) in [6.45, 7) is 2.35. The van der Waals surface area contributed by atoms with E-state index in [0.717, 1.165) is 5.56 Å². The molecule has 2 rings (SSSR count). The van der Waals surface area contributed by atoms with Gasteiger partial charge >= 0.3 is 0 Å². The maximum absolute atomic E-state index is 9.48. The van der Waals surface area contributed by atoms with E-state index in [9.17, 15) is 5.11 Å². The van der Waals surface area contributed by atoms with Crippen LogP contribution in [0.5, 0.6) is 11.5 Å². The van der Waals surface area contributed by atoms with Crippen LogP contribution in [0.2, 0.25) is 0 Å². The van der Waals surface area contributed by atoms with E-state index in [1.54, 1.807) is 6.07 Å². The largest absolute Gasteiger partial charge is 0.508 e. The molecule has 0 aliphatic heterocycles. The number of aliphatic hydroxyl groups is 1. The minimum absolute atomic E-state index is 0.0980. The summed E-state index contributed by atoms with van der Waals surface area (Å²) in [7, 11) is 0. The van der Waals surface area contributed by atoms with Crippen molar-refractivity contribution in [3.8, 4) is 11.5 Å². The Morgan fingerprint density at radius 1 is 1.06 bits per heavy atom. The topological polar surface area (TPSA) is 49.7 Å². The smallest absolute Gasteiger partial charge is 0.123 e. The maximum Gasteiger partial charge on any atom is 0.123 e. The zero-order valence-electron chi connectivity index (χ0n) is 10.3. The zero-order valence-corrected chi connectivity index (χ0v) is 10.3. The lowest BCUT2D eigenvalue weighted by Crippen LogP contribution is -1.96. The molecule has 3 nitrogen and oxygen atoms in total. The average molecular weight is 244 g/mol. The second-order valence-electron chi connectivity index (χ2n) is 4.27. The Morgan fingerprint density at radius 3 is 2.61 bits per heavy atom. The van der Waals surface area contributed by atoms with Crippen LogP contribution in [-0.2, 0) is 13.2 Å². The highest BCUT2D eigenvalue weighted by molar-refractivity contribution is 5.37. The number of phenolic OH excluding ortho intramolecular Hbond substituents is 1. The first-order valence-corrected chi connectivity index (χ1v) is 5.79. The molecule has 0 amide bonds. The first-order chi connectivity index (χ1) is 8.67. The number of aliphatic hydroxyl groups excluding tert-OH is 1. The molecule has 0 bridgehead atoms. The van der Waals surface area contributed by atoms with Crippen molar-refractivity contribution in [2.75, 3.05) is 0 Å². The number of ether oxygens (including phenoxy) is 1. The number of hydrogen-bond acceptors (Lipinski definition) is 3. The molecule has 94 valence electrons. The predicted octanol–water partition coefficient (Wildman–Crippen LogP) is 2.77. The number of hydrogen-bond donors (Lipinski definition) is 2. The van der Waals surface area contributed by atoms with Gasteiger partial charge in [0.15, 0.2) is 0 Å². The van der Waals surface area contributed by atoms with E-state index in [-0.39, 0.29) is 12.4 Å². The maximum atomic E-state index is 9.48. The molecule has 0 aromatic heterocycles. The van der Waals surface area contributed by atoms with Crippen LogP contribution in [0.4, 0.5) is 0 Å². The van der Waals surface area contributed by atoms with Crippen LogP contribution in [0.1, 0.15) is 16.7 Å². The Bertz CT molecular complexity index is 535. The third kappa shape index (κ3) is 3.25. The molecule has 0 fully saturated rings. The molecular weight excluding hydrogens is 228 g/mol. The molecule has 0 aliphatic carbocycles.